The van der Waals surface area contributed by atoms with Gasteiger partial charge >= 0.3 is 0 Å². The second-order valence-corrected chi connectivity index (χ2v) is 7.56. The number of nitrogens with one attached hydrogen (secondary N) is 1. The standard InChI is InChI=1S/C10H17ClN2O3S2/c1-8(2)16-6-4-3-5-13-18(14,15)9-7-12-10(11)17-9/h7-8,13H,3-6H2,1-2H3. The fraction of sp³-hybridized carbons (Fsp3) is 0.700. The van der Waals surface area contributed by atoms with Crippen LogP contribution in [0, 0.1) is 0 Å². The third-order valence-electron chi connectivity index (χ3n) is 2.04. The number of ether oxygens (including phenoxy) is 1. The quantitative estimate of drug-likeness (QED) is 0.748. The van der Waals surface area contributed by atoms with Crippen molar-refractivity contribution in [3.05, 3.63) is 10.7 Å². The lowest BCUT2D eigenvalue weighted by atomic mass is 10.3. The molecular weight excluding hydrogens is 296 g/mol. The molecule has 0 aliphatic heterocycles. The number of unbranched alkanes of at least 4 members (excludes halogenated alkanes) is 1. The Kier molecular flexibility index (Phi) is 6.51. The molecule has 0 saturated heterocycles. The first kappa shape index (κ1) is 15.8. The lowest BCUT2D eigenvalue weighted by Gasteiger charge is -2.07. The van der Waals surface area contributed by atoms with Gasteiger partial charge in [-0.2, -0.15) is 0 Å². The molecule has 0 spiro atoms. The Morgan fingerprint density at radius 2 is 2.22 bits per heavy atom. The van der Waals surface area contributed by atoms with Crippen molar-refractivity contribution >= 4 is 33.0 Å². The molecule has 0 unspecified atom stereocenters. The average molecular weight is 313 g/mol. The van der Waals surface area contributed by atoms with Crippen LogP contribution < -0.4 is 4.72 Å². The van der Waals surface area contributed by atoms with E-state index in [4.69, 9.17) is 16.3 Å². The molecule has 1 aromatic heterocycles. The second kappa shape index (κ2) is 7.40. The summed E-state index contributed by atoms with van der Waals surface area (Å²) < 4.78 is 31.7. The molecule has 1 aromatic rings. The highest BCUT2D eigenvalue weighted by atomic mass is 35.5. The fourth-order valence-electron chi connectivity index (χ4n) is 1.19. The number of halogens is 1. The molecule has 0 bridgehead atoms. The van der Waals surface area contributed by atoms with Gasteiger partial charge in [0.2, 0.25) is 0 Å². The van der Waals surface area contributed by atoms with Gasteiger partial charge in [0.1, 0.15) is 0 Å². The van der Waals surface area contributed by atoms with Gasteiger partial charge in [0.15, 0.2) is 8.68 Å². The van der Waals surface area contributed by atoms with E-state index in [-0.39, 0.29) is 14.8 Å². The highest BCUT2D eigenvalue weighted by Gasteiger charge is 2.16. The summed E-state index contributed by atoms with van der Waals surface area (Å²) in [4.78, 5) is 3.70. The van der Waals surface area contributed by atoms with Crippen molar-refractivity contribution in [1.29, 1.82) is 0 Å². The number of nitrogens with zero attached hydrogens (tertiary/aromatic N) is 1. The Hall–Kier alpha value is -0.210. The SMILES string of the molecule is CC(C)OCCCCNS(=O)(=O)c1cnc(Cl)s1. The molecule has 18 heavy (non-hydrogen) atoms. The summed E-state index contributed by atoms with van der Waals surface area (Å²) >= 11 is 6.54. The molecule has 0 fully saturated rings. The van der Waals surface area contributed by atoms with E-state index in [1.165, 1.54) is 6.20 Å². The molecule has 0 amide bonds. The third-order valence-corrected chi connectivity index (χ3v) is 5.07. The lowest BCUT2D eigenvalue weighted by Crippen LogP contribution is -2.24. The number of rotatable bonds is 8. The predicted molar refractivity (Wildman–Crippen MR) is 72.6 cm³/mol. The van der Waals surface area contributed by atoms with Gasteiger partial charge in [0.05, 0.1) is 12.3 Å². The van der Waals surface area contributed by atoms with Crippen LogP contribution in [0.3, 0.4) is 0 Å². The van der Waals surface area contributed by atoms with Gasteiger partial charge in [-0.25, -0.2) is 18.1 Å². The molecule has 1 heterocycles. The van der Waals surface area contributed by atoms with Crippen molar-refractivity contribution in [1.82, 2.24) is 9.71 Å². The minimum atomic E-state index is -3.46. The minimum absolute atomic E-state index is 0.144. The summed E-state index contributed by atoms with van der Waals surface area (Å²) in [7, 11) is -3.46. The lowest BCUT2D eigenvalue weighted by molar-refractivity contribution is 0.0762. The number of sulfonamides is 1. The van der Waals surface area contributed by atoms with E-state index in [9.17, 15) is 8.42 Å². The van der Waals surface area contributed by atoms with Crippen LogP contribution in [-0.4, -0.2) is 32.7 Å². The molecule has 0 aromatic carbocycles. The Bertz CT molecular complexity index is 459. The smallest absolute Gasteiger partial charge is 0.251 e. The van der Waals surface area contributed by atoms with Crippen LogP contribution in [0.4, 0.5) is 0 Å². The summed E-state index contributed by atoms with van der Waals surface area (Å²) in [6, 6.07) is 0. The largest absolute Gasteiger partial charge is 0.379 e. The molecule has 104 valence electrons. The summed E-state index contributed by atoms with van der Waals surface area (Å²) in [5.74, 6) is 0. The van der Waals surface area contributed by atoms with Crippen molar-refractivity contribution < 1.29 is 13.2 Å². The van der Waals surface area contributed by atoms with Crippen LogP contribution in [0.15, 0.2) is 10.4 Å². The van der Waals surface area contributed by atoms with Crippen molar-refractivity contribution in [2.24, 2.45) is 0 Å². The minimum Gasteiger partial charge on any atom is -0.379 e. The maximum Gasteiger partial charge on any atom is 0.251 e. The van der Waals surface area contributed by atoms with Crippen LogP contribution in [0.1, 0.15) is 26.7 Å². The van der Waals surface area contributed by atoms with Crippen molar-refractivity contribution in [2.45, 2.75) is 37.0 Å². The Balaban J connectivity index is 2.26. The van der Waals surface area contributed by atoms with E-state index < -0.39 is 10.0 Å². The van der Waals surface area contributed by atoms with E-state index in [0.717, 1.165) is 24.2 Å². The number of aromatic nitrogens is 1. The third kappa shape index (κ3) is 5.62. The van der Waals surface area contributed by atoms with Gasteiger partial charge in [-0.05, 0) is 26.7 Å². The zero-order chi connectivity index (χ0) is 13.6. The number of hydrogen-bond donors (Lipinski definition) is 1. The van der Waals surface area contributed by atoms with Crippen molar-refractivity contribution in [3.8, 4) is 0 Å². The van der Waals surface area contributed by atoms with Crippen LogP contribution >= 0.6 is 22.9 Å². The van der Waals surface area contributed by atoms with Gasteiger partial charge in [0.25, 0.3) is 10.0 Å². The molecule has 0 saturated carbocycles. The topological polar surface area (TPSA) is 68.3 Å². The number of hydrogen-bond acceptors (Lipinski definition) is 5. The highest BCUT2D eigenvalue weighted by molar-refractivity contribution is 7.91. The molecule has 8 heteroatoms. The van der Waals surface area contributed by atoms with Crippen molar-refractivity contribution in [3.63, 3.8) is 0 Å². The van der Waals surface area contributed by atoms with Gasteiger partial charge in [-0.15, -0.1) is 0 Å². The van der Waals surface area contributed by atoms with Gasteiger partial charge in [-0.1, -0.05) is 22.9 Å². The fourth-order valence-corrected chi connectivity index (χ4v) is 3.60. The summed E-state index contributed by atoms with van der Waals surface area (Å²) in [6.07, 6.45) is 3.03. The van der Waals surface area contributed by atoms with Crippen LogP contribution in [0.25, 0.3) is 0 Å². The van der Waals surface area contributed by atoms with Crippen molar-refractivity contribution in [2.75, 3.05) is 13.2 Å². The van der Waals surface area contributed by atoms with E-state index in [1.54, 1.807) is 0 Å². The first-order valence-corrected chi connectivity index (χ1v) is 8.32. The van der Waals surface area contributed by atoms with E-state index in [1.807, 2.05) is 13.8 Å². The monoisotopic (exact) mass is 312 g/mol. The predicted octanol–water partition coefficient (Wildman–Crippen LogP) is 2.28. The van der Waals surface area contributed by atoms with E-state index in [0.29, 0.717) is 13.2 Å². The van der Waals surface area contributed by atoms with E-state index >= 15 is 0 Å². The zero-order valence-corrected chi connectivity index (χ0v) is 12.7. The Morgan fingerprint density at radius 3 is 2.78 bits per heavy atom. The molecule has 0 aliphatic carbocycles. The average Bonchev–Trinajstić information content (AvgIpc) is 2.70. The van der Waals surface area contributed by atoms with Gasteiger partial charge in [0, 0.05) is 13.2 Å². The maximum atomic E-state index is 11.8. The molecule has 0 aliphatic rings. The maximum absolute atomic E-state index is 11.8. The summed E-state index contributed by atoms with van der Waals surface area (Å²) in [5.41, 5.74) is 0. The highest BCUT2D eigenvalue weighted by Crippen LogP contribution is 2.21. The van der Waals surface area contributed by atoms with Crippen LogP contribution in [0.5, 0.6) is 0 Å². The molecule has 5 nitrogen and oxygen atoms in total. The first-order chi connectivity index (χ1) is 8.42. The molecule has 1 rings (SSSR count). The van der Waals surface area contributed by atoms with Crippen LogP contribution in [-0.2, 0) is 14.8 Å². The number of thiazole rings is 1. The van der Waals surface area contributed by atoms with E-state index in [2.05, 4.69) is 9.71 Å². The molecule has 0 radical (unpaired) electrons. The summed E-state index contributed by atoms with van der Waals surface area (Å²) in [6.45, 7) is 4.97. The first-order valence-electron chi connectivity index (χ1n) is 5.64. The molecule has 1 N–H and O–H groups in total. The van der Waals surface area contributed by atoms with Gasteiger partial charge in [-0.3, -0.25) is 0 Å². The molecule has 0 atom stereocenters. The zero-order valence-electron chi connectivity index (χ0n) is 10.3. The second-order valence-electron chi connectivity index (χ2n) is 3.96. The Labute approximate surface area is 117 Å². The summed E-state index contributed by atoms with van der Waals surface area (Å²) in [5, 5.41) is 0. The Morgan fingerprint density at radius 1 is 1.50 bits per heavy atom. The normalized spacial score (nSPS) is 12.2. The van der Waals surface area contributed by atoms with Gasteiger partial charge < -0.3 is 4.74 Å². The van der Waals surface area contributed by atoms with Crippen LogP contribution in [0.2, 0.25) is 4.47 Å². The molecular formula is C10H17ClN2O3S2.